The molecule has 33 heavy (non-hydrogen) atoms. The Balaban J connectivity index is 1.62. The van der Waals surface area contributed by atoms with Crippen LogP contribution < -0.4 is 4.72 Å². The number of benzene rings is 3. The zero-order chi connectivity index (χ0) is 24.0. The molecule has 0 aliphatic carbocycles. The monoisotopic (exact) mass is 467 g/mol. The summed E-state index contributed by atoms with van der Waals surface area (Å²) in [5.41, 5.74) is 2.00. The topological polar surface area (TPSA) is 110 Å². The lowest BCUT2D eigenvalue weighted by atomic mass is 10.1. The zero-order valence-corrected chi connectivity index (χ0v) is 19.2. The Hall–Kier alpha value is -3.72. The van der Waals surface area contributed by atoms with Gasteiger partial charge in [0.15, 0.2) is 0 Å². The van der Waals surface area contributed by atoms with Crippen molar-refractivity contribution in [2.24, 2.45) is 0 Å². The van der Waals surface area contributed by atoms with Crippen LogP contribution in [0.3, 0.4) is 0 Å². The van der Waals surface area contributed by atoms with Crippen LogP contribution in [0.25, 0.3) is 0 Å². The van der Waals surface area contributed by atoms with Crippen LogP contribution in [0, 0.1) is 17.0 Å². The molecule has 0 spiro atoms. The molecule has 0 saturated carbocycles. The maximum Gasteiger partial charge on any atom is 0.273 e. The van der Waals surface area contributed by atoms with Gasteiger partial charge in [0.1, 0.15) is 0 Å². The first-order valence-corrected chi connectivity index (χ1v) is 11.8. The van der Waals surface area contributed by atoms with Crippen LogP contribution in [0.15, 0.2) is 77.7 Å². The van der Waals surface area contributed by atoms with E-state index >= 15 is 0 Å². The number of carbonyl (C=O) groups excluding carboxylic acids is 1. The van der Waals surface area contributed by atoms with Gasteiger partial charge in [-0.2, -0.15) is 0 Å². The Kier molecular flexibility index (Phi) is 7.44. The summed E-state index contributed by atoms with van der Waals surface area (Å²) in [5, 5.41) is 11.1. The van der Waals surface area contributed by atoms with Crippen LogP contribution in [0.5, 0.6) is 0 Å². The largest absolute Gasteiger partial charge is 0.342 e. The molecular formula is C24H25N3O5S. The minimum atomic E-state index is -4.02. The van der Waals surface area contributed by atoms with Crippen molar-refractivity contribution in [1.29, 1.82) is 0 Å². The summed E-state index contributed by atoms with van der Waals surface area (Å²) in [6.07, 6.45) is 1.70. The minimum absolute atomic E-state index is 0.161. The molecule has 0 radical (unpaired) electrons. The maximum atomic E-state index is 12.7. The number of nitro benzene ring substituents is 1. The lowest BCUT2D eigenvalue weighted by molar-refractivity contribution is -0.385. The van der Waals surface area contributed by atoms with Crippen molar-refractivity contribution < 1.29 is 18.1 Å². The van der Waals surface area contributed by atoms with Crippen molar-refractivity contribution in [3.05, 3.63) is 99.6 Å². The molecule has 0 saturated heterocycles. The molecule has 0 atom stereocenters. The number of nitrogens with one attached hydrogen (secondary N) is 1. The van der Waals surface area contributed by atoms with Gasteiger partial charge in [0.2, 0.25) is 0 Å². The summed E-state index contributed by atoms with van der Waals surface area (Å²) in [6.45, 7) is 2.13. The third-order valence-corrected chi connectivity index (χ3v) is 6.60. The first kappa shape index (κ1) is 23.9. The average Bonchev–Trinajstić information content (AvgIpc) is 2.79. The van der Waals surface area contributed by atoms with E-state index in [4.69, 9.17) is 0 Å². The molecule has 8 nitrogen and oxygen atoms in total. The Morgan fingerprint density at radius 1 is 1.03 bits per heavy atom. The van der Waals surface area contributed by atoms with E-state index < -0.39 is 14.9 Å². The predicted octanol–water partition coefficient (Wildman–Crippen LogP) is 4.41. The highest BCUT2D eigenvalue weighted by molar-refractivity contribution is 7.92. The van der Waals surface area contributed by atoms with Crippen LogP contribution in [0.4, 0.5) is 11.4 Å². The quantitative estimate of drug-likeness (QED) is 0.370. The molecule has 1 N–H and O–H groups in total. The van der Waals surface area contributed by atoms with Crippen molar-refractivity contribution in [3.63, 3.8) is 0 Å². The zero-order valence-electron chi connectivity index (χ0n) is 18.4. The summed E-state index contributed by atoms with van der Waals surface area (Å²) in [6, 6.07) is 19.9. The number of hydrogen-bond acceptors (Lipinski definition) is 5. The molecule has 3 rings (SSSR count). The number of nitro groups is 1. The first-order valence-electron chi connectivity index (χ1n) is 10.3. The van der Waals surface area contributed by atoms with Crippen LogP contribution in [0.2, 0.25) is 0 Å². The standard InChI is InChI=1S/C24H25N3O5S/c1-18-10-15-22(17-23(18)27(29)30)33(31,32)25-21-13-11-20(12-14-21)24(28)26(2)16-6-9-19-7-4-3-5-8-19/h3-5,7-8,10-15,17,25H,6,9,16H2,1-2H3. The summed E-state index contributed by atoms with van der Waals surface area (Å²) in [4.78, 5) is 24.6. The fraction of sp³-hybridized carbons (Fsp3) is 0.208. The van der Waals surface area contributed by atoms with Gasteiger partial charge in [-0.05, 0) is 55.7 Å². The van der Waals surface area contributed by atoms with E-state index in [1.807, 2.05) is 18.2 Å². The fourth-order valence-corrected chi connectivity index (χ4v) is 4.41. The van der Waals surface area contributed by atoms with Gasteiger partial charge in [0.05, 0.1) is 9.82 Å². The molecule has 3 aromatic rings. The predicted molar refractivity (Wildman–Crippen MR) is 127 cm³/mol. The molecule has 1 amide bonds. The molecule has 0 fully saturated rings. The first-order chi connectivity index (χ1) is 15.7. The number of sulfonamides is 1. The molecular weight excluding hydrogens is 442 g/mol. The van der Waals surface area contributed by atoms with E-state index in [2.05, 4.69) is 16.9 Å². The second-order valence-electron chi connectivity index (χ2n) is 7.70. The highest BCUT2D eigenvalue weighted by Crippen LogP contribution is 2.24. The molecule has 172 valence electrons. The van der Waals surface area contributed by atoms with Crippen molar-refractivity contribution in [1.82, 2.24) is 4.90 Å². The van der Waals surface area contributed by atoms with E-state index in [9.17, 15) is 23.3 Å². The summed E-state index contributed by atoms with van der Waals surface area (Å²) in [5.74, 6) is -0.161. The van der Waals surface area contributed by atoms with Gasteiger partial charge < -0.3 is 4.90 Å². The molecule has 0 aromatic heterocycles. The Labute approximate surface area is 193 Å². The third-order valence-electron chi connectivity index (χ3n) is 5.22. The summed E-state index contributed by atoms with van der Waals surface area (Å²) >= 11 is 0. The number of hydrogen-bond donors (Lipinski definition) is 1. The minimum Gasteiger partial charge on any atom is -0.342 e. The van der Waals surface area contributed by atoms with Crippen LogP contribution in [0.1, 0.15) is 27.9 Å². The van der Waals surface area contributed by atoms with E-state index in [-0.39, 0.29) is 22.2 Å². The number of amides is 1. The van der Waals surface area contributed by atoms with Gasteiger partial charge in [-0.25, -0.2) is 8.42 Å². The van der Waals surface area contributed by atoms with Gasteiger partial charge in [-0.3, -0.25) is 19.6 Å². The van der Waals surface area contributed by atoms with E-state index in [1.165, 1.54) is 36.8 Å². The SMILES string of the molecule is Cc1ccc(S(=O)(=O)Nc2ccc(C(=O)N(C)CCCc3ccccc3)cc2)cc1[N+](=O)[O-]. The fourth-order valence-electron chi connectivity index (χ4n) is 3.33. The number of carbonyl (C=O) groups is 1. The highest BCUT2D eigenvalue weighted by Gasteiger charge is 2.20. The number of rotatable bonds is 9. The number of anilines is 1. The van der Waals surface area contributed by atoms with Gasteiger partial charge in [0.25, 0.3) is 21.6 Å². The van der Waals surface area contributed by atoms with E-state index in [1.54, 1.807) is 24.1 Å². The number of nitrogens with zero attached hydrogens (tertiary/aromatic N) is 2. The molecule has 0 heterocycles. The van der Waals surface area contributed by atoms with E-state index in [0.717, 1.165) is 18.9 Å². The molecule has 3 aromatic carbocycles. The molecule has 0 aliphatic heterocycles. The molecule has 9 heteroatoms. The second-order valence-corrected chi connectivity index (χ2v) is 9.39. The lowest BCUT2D eigenvalue weighted by Gasteiger charge is -2.17. The molecule has 0 aliphatic rings. The third kappa shape index (κ3) is 6.17. The number of aryl methyl sites for hydroxylation is 2. The van der Waals surface area contributed by atoms with Crippen molar-refractivity contribution >= 4 is 27.3 Å². The maximum absolute atomic E-state index is 12.7. The molecule has 0 unspecified atom stereocenters. The van der Waals surface area contributed by atoms with Crippen LogP contribution in [-0.2, 0) is 16.4 Å². The summed E-state index contributed by atoms with van der Waals surface area (Å²) < 4.78 is 27.7. The second kappa shape index (κ2) is 10.3. The van der Waals surface area contributed by atoms with Gasteiger partial charge in [-0.1, -0.05) is 36.4 Å². The van der Waals surface area contributed by atoms with Gasteiger partial charge >= 0.3 is 0 Å². The lowest BCUT2D eigenvalue weighted by Crippen LogP contribution is -2.28. The Morgan fingerprint density at radius 3 is 2.33 bits per heavy atom. The van der Waals surface area contributed by atoms with E-state index in [0.29, 0.717) is 17.7 Å². The Morgan fingerprint density at radius 2 is 1.70 bits per heavy atom. The molecule has 0 bridgehead atoms. The van der Waals surface area contributed by atoms with Crippen molar-refractivity contribution in [3.8, 4) is 0 Å². The summed E-state index contributed by atoms with van der Waals surface area (Å²) in [7, 11) is -2.29. The van der Waals surface area contributed by atoms with Crippen molar-refractivity contribution in [2.45, 2.75) is 24.7 Å². The van der Waals surface area contributed by atoms with Crippen molar-refractivity contribution in [2.75, 3.05) is 18.3 Å². The van der Waals surface area contributed by atoms with Gasteiger partial charge in [0, 0.05) is 36.5 Å². The highest BCUT2D eigenvalue weighted by atomic mass is 32.2. The van der Waals surface area contributed by atoms with Gasteiger partial charge in [-0.15, -0.1) is 0 Å². The smallest absolute Gasteiger partial charge is 0.273 e. The van der Waals surface area contributed by atoms with Crippen LogP contribution >= 0.6 is 0 Å². The van der Waals surface area contributed by atoms with Crippen LogP contribution in [-0.4, -0.2) is 37.7 Å². The normalized spacial score (nSPS) is 11.1. The average molecular weight is 468 g/mol. The Bertz CT molecular complexity index is 1240.